The first-order valence-electron chi connectivity index (χ1n) is 8.49. The third-order valence-corrected chi connectivity index (χ3v) is 5.93. The molecule has 0 amide bonds. The van der Waals surface area contributed by atoms with Crippen LogP contribution in [0.4, 0.5) is 0 Å². The fraction of sp³-hybridized carbons (Fsp3) is 0.938. The Labute approximate surface area is 129 Å². The van der Waals surface area contributed by atoms with Crippen LogP contribution in [0, 0.1) is 0 Å². The van der Waals surface area contributed by atoms with Gasteiger partial charge >= 0.3 is 0 Å². The van der Waals surface area contributed by atoms with Gasteiger partial charge in [0.1, 0.15) is 36.8 Å². The molecule has 6 bridgehead atoms. The van der Waals surface area contributed by atoms with Crippen molar-refractivity contribution in [3.63, 3.8) is 0 Å². The minimum Gasteiger partial charge on any atom is -0.369 e. The van der Waals surface area contributed by atoms with Crippen LogP contribution in [0.15, 0.2) is 0 Å². The van der Waals surface area contributed by atoms with E-state index >= 15 is 0 Å². The van der Waals surface area contributed by atoms with Gasteiger partial charge < -0.3 is 28.5 Å². The number of hydrogen-bond acceptors (Lipinski definition) is 6. The highest BCUT2D eigenvalue weighted by Crippen LogP contribution is 2.53. The summed E-state index contributed by atoms with van der Waals surface area (Å²) in [5.74, 6) is -0.553. The second-order valence-corrected chi connectivity index (χ2v) is 7.11. The molecule has 6 heterocycles. The van der Waals surface area contributed by atoms with Crippen LogP contribution >= 0.6 is 0 Å². The van der Waals surface area contributed by atoms with Crippen molar-refractivity contribution in [3.05, 3.63) is 0 Å². The highest BCUT2D eigenvalue weighted by Gasteiger charge is 2.68. The zero-order valence-corrected chi connectivity index (χ0v) is 12.7. The maximum atomic E-state index is 10.8. The van der Waals surface area contributed by atoms with Crippen molar-refractivity contribution in [2.45, 2.75) is 93.6 Å². The van der Waals surface area contributed by atoms with Gasteiger partial charge in [-0.3, -0.25) is 0 Å². The molecular formula is C16H22O6. The first-order chi connectivity index (χ1) is 10.7. The maximum absolute atomic E-state index is 10.8. The van der Waals surface area contributed by atoms with Gasteiger partial charge in [-0.15, -0.1) is 0 Å². The quantitative estimate of drug-likeness (QED) is 0.723. The Hall–Kier alpha value is -0.530. The Morgan fingerprint density at radius 2 is 1.73 bits per heavy atom. The van der Waals surface area contributed by atoms with E-state index in [9.17, 15) is 4.79 Å². The predicted molar refractivity (Wildman–Crippen MR) is 73.3 cm³/mol. The number of carbonyl (C=O) groups excluding carboxylic acids is 1. The molecule has 0 N–H and O–H groups in total. The van der Waals surface area contributed by atoms with Crippen LogP contribution in [0.1, 0.15) is 39.0 Å². The summed E-state index contributed by atoms with van der Waals surface area (Å²) in [4.78, 5) is 10.8. The van der Waals surface area contributed by atoms with Crippen molar-refractivity contribution in [1.82, 2.24) is 0 Å². The summed E-state index contributed by atoms with van der Waals surface area (Å²) in [5, 5.41) is 0. The molecule has 0 aliphatic carbocycles. The minimum absolute atomic E-state index is 0.0106. The first kappa shape index (κ1) is 13.9. The average Bonchev–Trinajstić information content (AvgIpc) is 2.93. The van der Waals surface area contributed by atoms with Crippen molar-refractivity contribution in [3.8, 4) is 0 Å². The smallest absolute Gasteiger partial charge is 0.171 e. The van der Waals surface area contributed by atoms with Crippen molar-refractivity contribution in [2.24, 2.45) is 0 Å². The highest BCUT2D eigenvalue weighted by atomic mass is 16.8. The topological polar surface area (TPSA) is 63.2 Å². The molecule has 6 nitrogen and oxygen atoms in total. The molecular weight excluding hydrogens is 288 g/mol. The molecule has 9 atom stereocenters. The predicted octanol–water partition coefficient (Wildman–Crippen LogP) is 0.952. The molecule has 0 spiro atoms. The second kappa shape index (κ2) is 4.74. The van der Waals surface area contributed by atoms with Crippen LogP contribution in [-0.4, -0.2) is 60.9 Å². The summed E-state index contributed by atoms with van der Waals surface area (Å²) in [6.07, 6.45) is 4.29. The first-order valence-corrected chi connectivity index (χ1v) is 8.49. The summed E-state index contributed by atoms with van der Waals surface area (Å²) in [6, 6.07) is 0. The molecule has 6 fully saturated rings. The normalized spacial score (nSPS) is 58.4. The summed E-state index contributed by atoms with van der Waals surface area (Å²) in [5.41, 5.74) is 0. The molecule has 0 aromatic heterocycles. The van der Waals surface area contributed by atoms with Crippen LogP contribution in [0.2, 0.25) is 0 Å². The minimum atomic E-state index is -0.553. The van der Waals surface area contributed by atoms with E-state index in [1.165, 1.54) is 0 Å². The van der Waals surface area contributed by atoms with Gasteiger partial charge in [0, 0.05) is 12.8 Å². The van der Waals surface area contributed by atoms with Gasteiger partial charge in [-0.1, -0.05) is 6.92 Å². The van der Waals surface area contributed by atoms with Crippen molar-refractivity contribution in [1.29, 1.82) is 0 Å². The van der Waals surface area contributed by atoms with E-state index in [0.29, 0.717) is 6.42 Å². The van der Waals surface area contributed by atoms with Gasteiger partial charge in [0.15, 0.2) is 5.79 Å². The molecule has 6 aliphatic heterocycles. The van der Waals surface area contributed by atoms with E-state index in [1.54, 1.807) is 0 Å². The molecule has 0 aromatic carbocycles. The number of fused-ring (bicyclic) bond motifs is 1. The van der Waals surface area contributed by atoms with Gasteiger partial charge in [-0.05, 0) is 19.3 Å². The highest BCUT2D eigenvalue weighted by molar-refractivity contribution is 5.50. The van der Waals surface area contributed by atoms with E-state index in [4.69, 9.17) is 23.7 Å². The SMILES string of the molecule is CC[C@@]12CC3OC4C(O1)[C@H]1OC(CC=O)CCC1O[C@H]4C3O2. The zero-order valence-electron chi connectivity index (χ0n) is 12.7. The summed E-state index contributed by atoms with van der Waals surface area (Å²) in [6.45, 7) is 2.09. The average molecular weight is 310 g/mol. The Kier molecular flexibility index (Phi) is 2.99. The van der Waals surface area contributed by atoms with E-state index in [0.717, 1.165) is 32.0 Å². The van der Waals surface area contributed by atoms with Crippen molar-refractivity contribution in [2.75, 3.05) is 0 Å². The molecule has 6 heteroatoms. The Balaban J connectivity index is 1.47. The number of carbonyl (C=O) groups is 1. The monoisotopic (exact) mass is 310 g/mol. The second-order valence-electron chi connectivity index (χ2n) is 7.11. The molecule has 6 aliphatic rings. The molecule has 0 saturated carbocycles. The molecule has 122 valence electrons. The molecule has 0 radical (unpaired) electrons. The van der Waals surface area contributed by atoms with Crippen LogP contribution < -0.4 is 0 Å². The molecule has 22 heavy (non-hydrogen) atoms. The summed E-state index contributed by atoms with van der Waals surface area (Å²) >= 11 is 0. The zero-order chi connectivity index (χ0) is 14.9. The van der Waals surface area contributed by atoms with Gasteiger partial charge in [0.05, 0.1) is 18.3 Å². The third-order valence-electron chi connectivity index (χ3n) is 5.93. The Morgan fingerprint density at radius 1 is 0.955 bits per heavy atom. The number of ether oxygens (including phenoxy) is 5. The fourth-order valence-electron chi connectivity index (χ4n) is 4.85. The van der Waals surface area contributed by atoms with Gasteiger partial charge in [-0.25, -0.2) is 0 Å². The van der Waals surface area contributed by atoms with Crippen LogP contribution in [0.3, 0.4) is 0 Å². The van der Waals surface area contributed by atoms with Crippen LogP contribution in [0.5, 0.6) is 0 Å². The van der Waals surface area contributed by atoms with Crippen molar-refractivity contribution < 1.29 is 28.5 Å². The largest absolute Gasteiger partial charge is 0.369 e. The number of rotatable bonds is 3. The van der Waals surface area contributed by atoms with E-state index in [1.807, 2.05) is 0 Å². The van der Waals surface area contributed by atoms with Crippen LogP contribution in [0.25, 0.3) is 0 Å². The standard InChI is InChI=1S/C16H22O6/c1-2-16-7-10-12(21-16)13-14(20-10)15(22-16)11-9(19-13)4-3-8(18-11)5-6-17/h6,8-15H,2-5,7H2,1H3/t8?,9?,10?,11-,12?,13-,14?,15?,16-/m0/s1. The van der Waals surface area contributed by atoms with E-state index in [2.05, 4.69) is 6.92 Å². The number of hydrogen-bond donors (Lipinski definition) is 0. The lowest BCUT2D eigenvalue weighted by Crippen LogP contribution is -2.61. The summed E-state index contributed by atoms with van der Waals surface area (Å²) in [7, 11) is 0. The van der Waals surface area contributed by atoms with Crippen molar-refractivity contribution >= 4 is 6.29 Å². The van der Waals surface area contributed by atoms with E-state index in [-0.39, 0.29) is 48.8 Å². The maximum Gasteiger partial charge on any atom is 0.171 e. The van der Waals surface area contributed by atoms with Gasteiger partial charge in [-0.2, -0.15) is 0 Å². The van der Waals surface area contributed by atoms with Crippen LogP contribution in [-0.2, 0) is 28.5 Å². The summed E-state index contributed by atoms with van der Waals surface area (Å²) < 4.78 is 31.3. The molecule has 6 rings (SSSR count). The lowest BCUT2D eigenvalue weighted by molar-refractivity contribution is -0.290. The lowest BCUT2D eigenvalue weighted by Gasteiger charge is -2.47. The molecule has 6 saturated heterocycles. The molecule has 0 aromatic rings. The van der Waals surface area contributed by atoms with E-state index < -0.39 is 5.79 Å². The number of aldehydes is 1. The lowest BCUT2D eigenvalue weighted by atomic mass is 9.87. The Bertz CT molecular complexity index is 483. The fourth-order valence-corrected chi connectivity index (χ4v) is 4.85. The Morgan fingerprint density at radius 3 is 2.55 bits per heavy atom. The van der Waals surface area contributed by atoms with Gasteiger partial charge in [0.25, 0.3) is 0 Å². The van der Waals surface area contributed by atoms with Gasteiger partial charge in [0.2, 0.25) is 0 Å². The molecule has 6 unspecified atom stereocenters. The third kappa shape index (κ3) is 1.76.